The molecule has 0 spiro atoms. The summed E-state index contributed by atoms with van der Waals surface area (Å²) in [5.74, 6) is -0.0927. The second-order valence-corrected chi connectivity index (χ2v) is 6.35. The quantitative estimate of drug-likeness (QED) is 0.714. The van der Waals surface area contributed by atoms with Crippen molar-refractivity contribution in [3.63, 3.8) is 0 Å². The summed E-state index contributed by atoms with van der Waals surface area (Å²) in [5.41, 5.74) is 3.61. The number of carbonyl (C=O) groups is 1. The van der Waals surface area contributed by atoms with Crippen LogP contribution >= 0.6 is 0 Å². The molecular weight excluding hydrogens is 322 g/mol. The van der Waals surface area contributed by atoms with Gasteiger partial charge in [0.15, 0.2) is 0 Å². The van der Waals surface area contributed by atoms with E-state index in [1.54, 1.807) is 18.1 Å². The molecule has 0 saturated heterocycles. The van der Waals surface area contributed by atoms with Gasteiger partial charge in [-0.1, -0.05) is 60.7 Å². The third kappa shape index (κ3) is 4.48. The van der Waals surface area contributed by atoms with Gasteiger partial charge in [0.25, 0.3) is 5.91 Å². The van der Waals surface area contributed by atoms with Crippen LogP contribution in [-0.2, 0) is 6.54 Å². The fraction of sp³-hybridized carbons (Fsp3) is 0.182. The van der Waals surface area contributed by atoms with E-state index in [0.717, 1.165) is 11.3 Å². The molecule has 26 heavy (non-hydrogen) atoms. The molecule has 0 bridgehead atoms. The SMILES string of the molecule is CC(Nc1ccnc(C(=O)N(C)Cc2ccccc2)c1)c1ccccc1. The molecule has 1 amide bonds. The van der Waals surface area contributed by atoms with Crippen molar-refractivity contribution in [3.8, 4) is 0 Å². The van der Waals surface area contributed by atoms with Crippen molar-refractivity contribution in [1.82, 2.24) is 9.88 Å². The van der Waals surface area contributed by atoms with Crippen LogP contribution in [0.2, 0.25) is 0 Å². The minimum atomic E-state index is -0.0927. The lowest BCUT2D eigenvalue weighted by molar-refractivity contribution is 0.0779. The number of benzene rings is 2. The lowest BCUT2D eigenvalue weighted by Gasteiger charge is -2.19. The summed E-state index contributed by atoms with van der Waals surface area (Å²) in [6, 6.07) is 24.0. The third-order valence-electron chi connectivity index (χ3n) is 4.27. The summed E-state index contributed by atoms with van der Waals surface area (Å²) in [6.45, 7) is 2.65. The van der Waals surface area contributed by atoms with Gasteiger partial charge in [0.2, 0.25) is 0 Å². The lowest BCUT2D eigenvalue weighted by Crippen LogP contribution is -2.27. The average molecular weight is 345 g/mol. The molecule has 1 heterocycles. The first kappa shape index (κ1) is 17.7. The van der Waals surface area contributed by atoms with Crippen molar-refractivity contribution in [3.05, 3.63) is 95.8 Å². The maximum absolute atomic E-state index is 12.7. The van der Waals surface area contributed by atoms with Crippen LogP contribution in [0.4, 0.5) is 5.69 Å². The predicted molar refractivity (Wildman–Crippen MR) is 105 cm³/mol. The highest BCUT2D eigenvalue weighted by atomic mass is 16.2. The van der Waals surface area contributed by atoms with E-state index < -0.39 is 0 Å². The Morgan fingerprint density at radius 2 is 1.69 bits per heavy atom. The topological polar surface area (TPSA) is 45.2 Å². The van der Waals surface area contributed by atoms with Crippen molar-refractivity contribution in [2.45, 2.75) is 19.5 Å². The number of anilines is 1. The summed E-state index contributed by atoms with van der Waals surface area (Å²) < 4.78 is 0. The fourth-order valence-electron chi connectivity index (χ4n) is 2.84. The van der Waals surface area contributed by atoms with Gasteiger partial charge in [0.05, 0.1) is 0 Å². The number of pyridine rings is 1. The second-order valence-electron chi connectivity index (χ2n) is 6.35. The van der Waals surface area contributed by atoms with Gasteiger partial charge in [-0.25, -0.2) is 0 Å². The summed E-state index contributed by atoms with van der Waals surface area (Å²) in [4.78, 5) is 18.6. The molecule has 0 aliphatic rings. The molecule has 2 aromatic carbocycles. The Balaban J connectivity index is 1.69. The molecule has 0 saturated carbocycles. The summed E-state index contributed by atoms with van der Waals surface area (Å²) in [6.07, 6.45) is 1.67. The molecular formula is C22H23N3O. The Hall–Kier alpha value is -3.14. The van der Waals surface area contributed by atoms with Gasteiger partial charge in [-0.15, -0.1) is 0 Å². The zero-order valence-corrected chi connectivity index (χ0v) is 15.1. The van der Waals surface area contributed by atoms with E-state index >= 15 is 0 Å². The Kier molecular flexibility index (Phi) is 5.64. The highest BCUT2D eigenvalue weighted by molar-refractivity contribution is 5.92. The van der Waals surface area contributed by atoms with E-state index in [1.165, 1.54) is 5.56 Å². The molecule has 0 aliphatic heterocycles. The first-order valence-electron chi connectivity index (χ1n) is 8.70. The van der Waals surface area contributed by atoms with Crippen molar-refractivity contribution < 1.29 is 4.79 Å². The molecule has 3 aromatic rings. The van der Waals surface area contributed by atoms with Gasteiger partial charge >= 0.3 is 0 Å². The van der Waals surface area contributed by atoms with Crippen LogP contribution in [-0.4, -0.2) is 22.8 Å². The summed E-state index contributed by atoms with van der Waals surface area (Å²) in [7, 11) is 1.80. The third-order valence-corrected chi connectivity index (χ3v) is 4.27. The number of hydrogen-bond donors (Lipinski definition) is 1. The van der Waals surface area contributed by atoms with Gasteiger partial charge in [-0.2, -0.15) is 0 Å². The van der Waals surface area contributed by atoms with E-state index in [0.29, 0.717) is 12.2 Å². The molecule has 4 nitrogen and oxygen atoms in total. The Bertz CT molecular complexity index is 850. The zero-order valence-electron chi connectivity index (χ0n) is 15.1. The first-order valence-corrected chi connectivity index (χ1v) is 8.70. The van der Waals surface area contributed by atoms with E-state index in [2.05, 4.69) is 29.4 Å². The minimum Gasteiger partial charge on any atom is -0.378 e. The van der Waals surface area contributed by atoms with Crippen molar-refractivity contribution in [2.75, 3.05) is 12.4 Å². The van der Waals surface area contributed by atoms with E-state index in [9.17, 15) is 4.79 Å². The number of nitrogens with zero attached hydrogens (tertiary/aromatic N) is 2. The highest BCUT2D eigenvalue weighted by Gasteiger charge is 2.14. The second kappa shape index (κ2) is 8.30. The molecule has 0 aliphatic carbocycles. The molecule has 1 atom stereocenters. The Morgan fingerprint density at radius 1 is 1.04 bits per heavy atom. The number of aromatic nitrogens is 1. The molecule has 132 valence electrons. The van der Waals surface area contributed by atoms with Gasteiger partial charge in [-0.3, -0.25) is 9.78 Å². The molecule has 1 N–H and O–H groups in total. The van der Waals surface area contributed by atoms with Crippen LogP contribution in [0, 0.1) is 0 Å². The van der Waals surface area contributed by atoms with Crippen LogP contribution in [0.5, 0.6) is 0 Å². The highest BCUT2D eigenvalue weighted by Crippen LogP contribution is 2.19. The number of nitrogens with one attached hydrogen (secondary N) is 1. The van der Waals surface area contributed by atoms with Crippen molar-refractivity contribution in [2.24, 2.45) is 0 Å². The first-order chi connectivity index (χ1) is 12.6. The normalized spacial score (nSPS) is 11.6. The van der Waals surface area contributed by atoms with E-state index in [4.69, 9.17) is 0 Å². The minimum absolute atomic E-state index is 0.0927. The van der Waals surface area contributed by atoms with Crippen LogP contribution < -0.4 is 5.32 Å². The molecule has 1 aromatic heterocycles. The zero-order chi connectivity index (χ0) is 18.4. The standard InChI is InChI=1S/C22H23N3O/c1-17(19-11-7-4-8-12-19)24-20-13-14-23-21(15-20)22(26)25(2)16-18-9-5-3-6-10-18/h3-15,17H,16H2,1-2H3,(H,23,24). The van der Waals surface area contributed by atoms with E-state index in [1.807, 2.05) is 60.7 Å². The Labute approximate surface area is 154 Å². The van der Waals surface area contributed by atoms with Crippen LogP contribution in [0.1, 0.15) is 34.6 Å². The van der Waals surface area contributed by atoms with Gasteiger partial charge in [0, 0.05) is 31.5 Å². The van der Waals surface area contributed by atoms with Gasteiger partial charge in [0.1, 0.15) is 5.69 Å². The monoisotopic (exact) mass is 345 g/mol. The maximum atomic E-state index is 12.7. The number of rotatable bonds is 6. The smallest absolute Gasteiger partial charge is 0.272 e. The predicted octanol–water partition coefficient (Wildman–Crippen LogP) is 4.53. The number of carbonyl (C=O) groups excluding carboxylic acids is 1. The van der Waals surface area contributed by atoms with Crippen molar-refractivity contribution in [1.29, 1.82) is 0 Å². The van der Waals surface area contributed by atoms with Crippen LogP contribution in [0.25, 0.3) is 0 Å². The molecule has 0 radical (unpaired) electrons. The maximum Gasteiger partial charge on any atom is 0.272 e. The largest absolute Gasteiger partial charge is 0.378 e. The lowest BCUT2D eigenvalue weighted by atomic mass is 10.1. The van der Waals surface area contributed by atoms with Gasteiger partial charge < -0.3 is 10.2 Å². The molecule has 4 heteroatoms. The molecule has 3 rings (SSSR count). The fourth-order valence-corrected chi connectivity index (χ4v) is 2.84. The van der Waals surface area contributed by atoms with Crippen LogP contribution in [0.3, 0.4) is 0 Å². The molecule has 0 fully saturated rings. The molecule has 1 unspecified atom stereocenters. The average Bonchev–Trinajstić information content (AvgIpc) is 2.69. The van der Waals surface area contributed by atoms with Crippen LogP contribution in [0.15, 0.2) is 79.0 Å². The van der Waals surface area contributed by atoms with Crippen molar-refractivity contribution >= 4 is 11.6 Å². The van der Waals surface area contributed by atoms with E-state index in [-0.39, 0.29) is 11.9 Å². The number of amides is 1. The summed E-state index contributed by atoms with van der Waals surface area (Å²) in [5, 5.41) is 3.43. The summed E-state index contributed by atoms with van der Waals surface area (Å²) >= 11 is 0. The Morgan fingerprint density at radius 3 is 2.38 bits per heavy atom. The van der Waals surface area contributed by atoms with Gasteiger partial charge in [-0.05, 0) is 30.2 Å². The number of hydrogen-bond acceptors (Lipinski definition) is 3.